The molecule has 2 aliphatic rings. The third kappa shape index (κ3) is 2.88. The van der Waals surface area contributed by atoms with E-state index in [4.69, 9.17) is 4.74 Å². The number of carbonyl (C=O) groups is 1. The van der Waals surface area contributed by atoms with Crippen molar-refractivity contribution >= 4 is 6.09 Å². The maximum atomic E-state index is 11.5. The third-order valence-corrected chi connectivity index (χ3v) is 3.36. The van der Waals surface area contributed by atoms with Crippen LogP contribution in [0.25, 0.3) is 0 Å². The van der Waals surface area contributed by atoms with Gasteiger partial charge >= 0.3 is 6.09 Å². The number of nitrogens with one attached hydrogen (secondary N) is 2. The molecule has 0 unspecified atom stereocenters. The lowest BCUT2D eigenvalue weighted by Gasteiger charge is -2.25. The van der Waals surface area contributed by atoms with Crippen molar-refractivity contribution in [1.29, 1.82) is 0 Å². The lowest BCUT2D eigenvalue weighted by atomic mass is 10.0. The highest BCUT2D eigenvalue weighted by Crippen LogP contribution is 2.34. The fourth-order valence-electron chi connectivity index (χ4n) is 2.71. The SMILES string of the molecule is CC(C)(C)OC(=O)NC[C@@H]1N[C@H]2CC[C@@H]1C2. The summed E-state index contributed by atoms with van der Waals surface area (Å²) in [6.07, 6.45) is 3.57. The molecule has 0 spiro atoms. The molecule has 1 aliphatic heterocycles. The highest BCUT2D eigenvalue weighted by molar-refractivity contribution is 5.67. The number of hydrogen-bond donors (Lipinski definition) is 2. The monoisotopic (exact) mass is 226 g/mol. The summed E-state index contributed by atoms with van der Waals surface area (Å²) in [5.74, 6) is 0.750. The van der Waals surface area contributed by atoms with Gasteiger partial charge in [0.2, 0.25) is 0 Å². The molecule has 92 valence electrons. The van der Waals surface area contributed by atoms with Gasteiger partial charge in [0.05, 0.1) is 0 Å². The van der Waals surface area contributed by atoms with E-state index in [1.807, 2.05) is 20.8 Å². The van der Waals surface area contributed by atoms with Crippen LogP contribution in [-0.4, -0.2) is 30.3 Å². The highest BCUT2D eigenvalue weighted by atomic mass is 16.6. The quantitative estimate of drug-likeness (QED) is 0.752. The molecule has 2 rings (SSSR count). The van der Waals surface area contributed by atoms with Crippen LogP contribution in [0.3, 0.4) is 0 Å². The molecule has 0 aromatic heterocycles. The molecule has 2 N–H and O–H groups in total. The van der Waals surface area contributed by atoms with E-state index in [1.54, 1.807) is 0 Å². The molecule has 16 heavy (non-hydrogen) atoms. The molecular weight excluding hydrogens is 204 g/mol. The molecule has 4 heteroatoms. The van der Waals surface area contributed by atoms with Gasteiger partial charge in [-0.3, -0.25) is 0 Å². The van der Waals surface area contributed by atoms with Crippen LogP contribution in [0, 0.1) is 5.92 Å². The predicted molar refractivity (Wildman–Crippen MR) is 62.3 cm³/mol. The second kappa shape index (κ2) is 4.24. The summed E-state index contributed by atoms with van der Waals surface area (Å²) in [7, 11) is 0. The Hall–Kier alpha value is -0.770. The molecule has 0 aromatic carbocycles. The number of alkyl carbamates (subject to hydrolysis) is 1. The van der Waals surface area contributed by atoms with Crippen LogP contribution >= 0.6 is 0 Å². The number of fused-ring (bicyclic) bond motifs is 2. The first-order valence-electron chi connectivity index (χ1n) is 6.17. The summed E-state index contributed by atoms with van der Waals surface area (Å²) >= 11 is 0. The Bertz CT molecular complexity index is 273. The lowest BCUT2D eigenvalue weighted by Crippen LogP contribution is -2.45. The Labute approximate surface area is 97.1 Å². The lowest BCUT2D eigenvalue weighted by molar-refractivity contribution is 0.0519. The summed E-state index contributed by atoms with van der Waals surface area (Å²) in [5.41, 5.74) is -0.411. The van der Waals surface area contributed by atoms with Crippen LogP contribution in [0.1, 0.15) is 40.0 Å². The normalized spacial score (nSPS) is 32.8. The number of piperidine rings is 1. The summed E-state index contributed by atoms with van der Waals surface area (Å²) < 4.78 is 5.20. The molecular formula is C12H22N2O2. The molecule has 4 nitrogen and oxygen atoms in total. The highest BCUT2D eigenvalue weighted by Gasteiger charge is 2.38. The van der Waals surface area contributed by atoms with Gasteiger partial charge in [-0.2, -0.15) is 0 Å². The summed E-state index contributed by atoms with van der Waals surface area (Å²) in [4.78, 5) is 11.5. The van der Waals surface area contributed by atoms with Crippen molar-refractivity contribution in [2.45, 2.75) is 57.7 Å². The van der Waals surface area contributed by atoms with E-state index in [9.17, 15) is 4.79 Å². The molecule has 0 aromatic rings. The summed E-state index contributed by atoms with van der Waals surface area (Å²) in [6, 6.07) is 1.14. The topological polar surface area (TPSA) is 50.4 Å². The zero-order valence-corrected chi connectivity index (χ0v) is 10.4. The molecule has 1 amide bonds. The zero-order valence-electron chi connectivity index (χ0n) is 10.4. The number of amides is 1. The van der Waals surface area contributed by atoms with Crippen molar-refractivity contribution in [3.8, 4) is 0 Å². The largest absolute Gasteiger partial charge is 0.444 e. The molecule has 1 heterocycles. The van der Waals surface area contributed by atoms with Crippen LogP contribution in [0.4, 0.5) is 4.79 Å². The fraction of sp³-hybridized carbons (Fsp3) is 0.917. The van der Waals surface area contributed by atoms with Gasteiger partial charge in [-0.25, -0.2) is 4.79 Å². The minimum absolute atomic E-state index is 0.308. The fourth-order valence-corrected chi connectivity index (χ4v) is 2.71. The predicted octanol–water partition coefficient (Wildman–Crippen LogP) is 1.65. The minimum atomic E-state index is -0.411. The molecule has 1 aliphatic carbocycles. The van der Waals surface area contributed by atoms with E-state index < -0.39 is 5.60 Å². The first kappa shape index (κ1) is 11.7. The van der Waals surface area contributed by atoms with E-state index in [1.165, 1.54) is 19.3 Å². The van der Waals surface area contributed by atoms with Gasteiger partial charge in [0, 0.05) is 18.6 Å². The minimum Gasteiger partial charge on any atom is -0.444 e. The molecule has 1 saturated heterocycles. The van der Waals surface area contributed by atoms with Gasteiger partial charge in [-0.05, 0) is 46.0 Å². The molecule has 3 atom stereocenters. The number of hydrogen-bond acceptors (Lipinski definition) is 3. The van der Waals surface area contributed by atoms with Crippen molar-refractivity contribution < 1.29 is 9.53 Å². The summed E-state index contributed by atoms with van der Waals surface area (Å²) in [6.45, 7) is 6.32. The van der Waals surface area contributed by atoms with Crippen molar-refractivity contribution in [2.24, 2.45) is 5.92 Å². The van der Waals surface area contributed by atoms with Crippen molar-refractivity contribution in [3.63, 3.8) is 0 Å². The van der Waals surface area contributed by atoms with Gasteiger partial charge in [0.25, 0.3) is 0 Å². The first-order valence-corrected chi connectivity index (χ1v) is 6.17. The Morgan fingerprint density at radius 1 is 1.44 bits per heavy atom. The maximum absolute atomic E-state index is 11.5. The van der Waals surface area contributed by atoms with Crippen LogP contribution in [0.5, 0.6) is 0 Å². The second-order valence-electron chi connectivity index (χ2n) is 5.93. The average Bonchev–Trinajstić information content (AvgIpc) is 2.72. The van der Waals surface area contributed by atoms with Gasteiger partial charge in [-0.1, -0.05) is 0 Å². The number of carbonyl (C=O) groups excluding carboxylic acids is 1. The first-order chi connectivity index (χ1) is 7.44. The van der Waals surface area contributed by atoms with E-state index >= 15 is 0 Å². The molecule has 1 saturated carbocycles. The van der Waals surface area contributed by atoms with Crippen molar-refractivity contribution in [1.82, 2.24) is 10.6 Å². The van der Waals surface area contributed by atoms with Gasteiger partial charge < -0.3 is 15.4 Å². The van der Waals surface area contributed by atoms with E-state index in [2.05, 4.69) is 10.6 Å². The molecule has 2 fully saturated rings. The number of ether oxygens (including phenoxy) is 1. The Morgan fingerprint density at radius 2 is 2.19 bits per heavy atom. The standard InChI is InChI=1S/C12H22N2O2/c1-12(2,3)16-11(15)13-7-10-8-4-5-9(6-8)14-10/h8-10,14H,4-7H2,1-3H3,(H,13,15)/t8-,9+,10+/m1/s1. The average molecular weight is 226 g/mol. The van der Waals surface area contributed by atoms with Crippen molar-refractivity contribution in [2.75, 3.05) is 6.54 Å². The maximum Gasteiger partial charge on any atom is 0.407 e. The van der Waals surface area contributed by atoms with E-state index in [-0.39, 0.29) is 6.09 Å². The summed E-state index contributed by atoms with van der Waals surface area (Å²) in [5, 5.41) is 6.38. The van der Waals surface area contributed by atoms with E-state index in [0.717, 1.165) is 5.92 Å². The van der Waals surface area contributed by atoms with Crippen LogP contribution < -0.4 is 10.6 Å². The van der Waals surface area contributed by atoms with Crippen LogP contribution in [-0.2, 0) is 4.74 Å². The smallest absolute Gasteiger partial charge is 0.407 e. The Balaban J connectivity index is 1.70. The molecule has 2 bridgehead atoms. The Kier molecular flexibility index (Phi) is 3.10. The Morgan fingerprint density at radius 3 is 2.69 bits per heavy atom. The van der Waals surface area contributed by atoms with Crippen LogP contribution in [0.15, 0.2) is 0 Å². The molecule has 0 radical (unpaired) electrons. The van der Waals surface area contributed by atoms with Gasteiger partial charge in [0.15, 0.2) is 0 Å². The van der Waals surface area contributed by atoms with Gasteiger partial charge in [-0.15, -0.1) is 0 Å². The van der Waals surface area contributed by atoms with Gasteiger partial charge in [0.1, 0.15) is 5.60 Å². The third-order valence-electron chi connectivity index (χ3n) is 3.36. The second-order valence-corrected chi connectivity index (χ2v) is 5.93. The van der Waals surface area contributed by atoms with E-state index in [0.29, 0.717) is 18.6 Å². The van der Waals surface area contributed by atoms with Crippen LogP contribution in [0.2, 0.25) is 0 Å². The van der Waals surface area contributed by atoms with Crippen molar-refractivity contribution in [3.05, 3.63) is 0 Å². The zero-order chi connectivity index (χ0) is 11.8. The number of rotatable bonds is 2.